The van der Waals surface area contributed by atoms with E-state index in [9.17, 15) is 4.79 Å². The minimum atomic E-state index is -0.0523. The Bertz CT molecular complexity index is 409. The van der Waals surface area contributed by atoms with E-state index in [2.05, 4.69) is 16.5 Å². The second kappa shape index (κ2) is 7.16. The monoisotopic (exact) mass is 267 g/mol. The molecule has 0 radical (unpaired) electrons. The molecule has 3 N–H and O–H groups in total. The molecule has 0 saturated heterocycles. The number of thioether (sulfide) groups is 1. The van der Waals surface area contributed by atoms with Crippen molar-refractivity contribution in [3.63, 3.8) is 0 Å². The van der Waals surface area contributed by atoms with Crippen LogP contribution in [0.1, 0.15) is 17.3 Å². The maximum atomic E-state index is 12.0. The van der Waals surface area contributed by atoms with Gasteiger partial charge in [0.1, 0.15) is 0 Å². The van der Waals surface area contributed by atoms with Crippen molar-refractivity contribution in [1.29, 1.82) is 0 Å². The SMILES string of the molecule is CCNC(=O)c1ccc(N)cc1N(C)CCSC. The number of carbonyl (C=O) groups excluding carboxylic acids is 1. The number of hydrogen-bond acceptors (Lipinski definition) is 4. The van der Waals surface area contributed by atoms with Gasteiger partial charge in [0.15, 0.2) is 0 Å². The van der Waals surface area contributed by atoms with E-state index in [1.807, 2.05) is 20.0 Å². The zero-order valence-electron chi connectivity index (χ0n) is 11.2. The summed E-state index contributed by atoms with van der Waals surface area (Å²) in [6.07, 6.45) is 2.07. The highest BCUT2D eigenvalue weighted by atomic mass is 32.2. The lowest BCUT2D eigenvalue weighted by Crippen LogP contribution is -2.28. The summed E-state index contributed by atoms with van der Waals surface area (Å²) in [5.41, 5.74) is 8.04. The number of carbonyl (C=O) groups is 1. The molecule has 1 rings (SSSR count). The quantitative estimate of drug-likeness (QED) is 0.772. The fourth-order valence-electron chi connectivity index (χ4n) is 1.66. The summed E-state index contributed by atoms with van der Waals surface area (Å²) < 4.78 is 0. The first-order chi connectivity index (χ1) is 8.60. The van der Waals surface area contributed by atoms with Crippen molar-refractivity contribution in [1.82, 2.24) is 5.32 Å². The van der Waals surface area contributed by atoms with Crippen molar-refractivity contribution in [3.8, 4) is 0 Å². The predicted octanol–water partition coefficient (Wildman–Crippen LogP) is 1.82. The molecular weight excluding hydrogens is 246 g/mol. The predicted molar refractivity (Wildman–Crippen MR) is 80.5 cm³/mol. The highest BCUT2D eigenvalue weighted by Crippen LogP contribution is 2.23. The normalized spacial score (nSPS) is 10.2. The van der Waals surface area contributed by atoms with E-state index in [4.69, 9.17) is 5.73 Å². The third-order valence-corrected chi connectivity index (χ3v) is 3.24. The Labute approximate surface area is 113 Å². The second-order valence-corrected chi connectivity index (χ2v) is 5.04. The van der Waals surface area contributed by atoms with E-state index in [1.54, 1.807) is 23.9 Å². The molecule has 0 fully saturated rings. The van der Waals surface area contributed by atoms with Crippen molar-refractivity contribution < 1.29 is 4.79 Å². The van der Waals surface area contributed by atoms with E-state index >= 15 is 0 Å². The summed E-state index contributed by atoms with van der Waals surface area (Å²) in [6, 6.07) is 5.40. The van der Waals surface area contributed by atoms with Crippen molar-refractivity contribution in [2.24, 2.45) is 0 Å². The fraction of sp³-hybridized carbons (Fsp3) is 0.462. The van der Waals surface area contributed by atoms with Crippen LogP contribution in [-0.4, -0.2) is 38.1 Å². The summed E-state index contributed by atoms with van der Waals surface area (Å²) in [5.74, 6) is 0.962. The Kier molecular flexibility index (Phi) is 5.85. The number of nitrogen functional groups attached to an aromatic ring is 1. The maximum Gasteiger partial charge on any atom is 0.253 e. The van der Waals surface area contributed by atoms with Crippen molar-refractivity contribution in [3.05, 3.63) is 23.8 Å². The number of nitrogens with zero attached hydrogens (tertiary/aromatic N) is 1. The first-order valence-electron chi connectivity index (χ1n) is 5.98. The van der Waals surface area contributed by atoms with Gasteiger partial charge in [-0.3, -0.25) is 4.79 Å². The number of nitrogens with one attached hydrogen (secondary N) is 1. The van der Waals surface area contributed by atoms with Gasteiger partial charge in [0, 0.05) is 31.6 Å². The van der Waals surface area contributed by atoms with Crippen LogP contribution in [0.2, 0.25) is 0 Å². The summed E-state index contributed by atoms with van der Waals surface area (Å²) in [6.45, 7) is 3.42. The minimum absolute atomic E-state index is 0.0523. The van der Waals surface area contributed by atoms with Gasteiger partial charge < -0.3 is 16.0 Å². The molecule has 0 aliphatic heterocycles. The van der Waals surface area contributed by atoms with E-state index in [-0.39, 0.29) is 5.91 Å². The Morgan fingerprint density at radius 1 is 1.50 bits per heavy atom. The Hall–Kier alpha value is -1.36. The summed E-state index contributed by atoms with van der Waals surface area (Å²) >= 11 is 1.78. The van der Waals surface area contributed by atoms with Gasteiger partial charge in [-0.1, -0.05) is 0 Å². The maximum absolute atomic E-state index is 12.0. The number of hydrogen-bond donors (Lipinski definition) is 2. The van der Waals surface area contributed by atoms with Crippen LogP contribution in [0.5, 0.6) is 0 Å². The Balaban J connectivity index is 2.99. The van der Waals surface area contributed by atoms with Crippen LogP contribution in [0, 0.1) is 0 Å². The van der Waals surface area contributed by atoms with Crippen LogP contribution < -0.4 is 16.0 Å². The van der Waals surface area contributed by atoms with Crippen LogP contribution in [0.4, 0.5) is 11.4 Å². The lowest BCUT2D eigenvalue weighted by atomic mass is 10.1. The van der Waals surface area contributed by atoms with E-state index in [1.165, 1.54) is 0 Å². The molecule has 100 valence electrons. The average Bonchev–Trinajstić information content (AvgIpc) is 2.36. The lowest BCUT2D eigenvalue weighted by molar-refractivity contribution is 0.0956. The third-order valence-electron chi connectivity index (χ3n) is 2.65. The fourth-order valence-corrected chi connectivity index (χ4v) is 2.12. The molecule has 5 heteroatoms. The molecule has 0 saturated carbocycles. The van der Waals surface area contributed by atoms with Gasteiger partial charge in [-0.25, -0.2) is 0 Å². The lowest BCUT2D eigenvalue weighted by Gasteiger charge is -2.22. The first kappa shape index (κ1) is 14.7. The van der Waals surface area contributed by atoms with E-state index in [0.717, 1.165) is 18.0 Å². The first-order valence-corrected chi connectivity index (χ1v) is 7.37. The molecule has 0 unspecified atom stereocenters. The Morgan fingerprint density at radius 3 is 2.83 bits per heavy atom. The summed E-state index contributed by atoms with van der Waals surface area (Å²) in [5, 5.41) is 2.82. The van der Waals surface area contributed by atoms with Gasteiger partial charge in [0.05, 0.1) is 11.3 Å². The molecule has 18 heavy (non-hydrogen) atoms. The molecule has 0 spiro atoms. The number of rotatable bonds is 6. The molecule has 0 bridgehead atoms. The van der Waals surface area contributed by atoms with Crippen LogP contribution in [0.25, 0.3) is 0 Å². The highest BCUT2D eigenvalue weighted by Gasteiger charge is 2.13. The molecule has 0 aromatic heterocycles. The zero-order chi connectivity index (χ0) is 13.5. The van der Waals surface area contributed by atoms with Gasteiger partial charge in [0.25, 0.3) is 5.91 Å². The van der Waals surface area contributed by atoms with Gasteiger partial charge in [0.2, 0.25) is 0 Å². The standard InChI is InChI=1S/C13H21N3OS/c1-4-15-13(17)11-6-5-10(14)9-12(11)16(2)7-8-18-3/h5-6,9H,4,7-8,14H2,1-3H3,(H,15,17). The highest BCUT2D eigenvalue weighted by molar-refractivity contribution is 7.98. The summed E-state index contributed by atoms with van der Waals surface area (Å²) in [4.78, 5) is 14.0. The average molecular weight is 267 g/mol. The second-order valence-electron chi connectivity index (χ2n) is 4.05. The van der Waals surface area contributed by atoms with Gasteiger partial charge in [-0.15, -0.1) is 0 Å². The van der Waals surface area contributed by atoms with Crippen LogP contribution >= 0.6 is 11.8 Å². The molecular formula is C13H21N3OS. The smallest absolute Gasteiger partial charge is 0.253 e. The van der Waals surface area contributed by atoms with Crippen molar-refractivity contribution >= 4 is 29.0 Å². The van der Waals surface area contributed by atoms with Crippen LogP contribution in [0.15, 0.2) is 18.2 Å². The number of amides is 1. The van der Waals surface area contributed by atoms with Crippen LogP contribution in [0.3, 0.4) is 0 Å². The molecule has 1 aromatic carbocycles. The topological polar surface area (TPSA) is 58.4 Å². The molecule has 4 nitrogen and oxygen atoms in total. The molecule has 0 atom stereocenters. The van der Waals surface area contributed by atoms with Gasteiger partial charge >= 0.3 is 0 Å². The van der Waals surface area contributed by atoms with Crippen molar-refractivity contribution in [2.45, 2.75) is 6.92 Å². The molecule has 0 heterocycles. The third kappa shape index (κ3) is 3.84. The van der Waals surface area contributed by atoms with E-state index < -0.39 is 0 Å². The molecule has 0 aliphatic carbocycles. The molecule has 0 aliphatic rings. The molecule has 1 amide bonds. The summed E-state index contributed by atoms with van der Waals surface area (Å²) in [7, 11) is 1.98. The molecule has 1 aromatic rings. The number of benzene rings is 1. The minimum Gasteiger partial charge on any atom is -0.399 e. The number of anilines is 2. The van der Waals surface area contributed by atoms with Gasteiger partial charge in [-0.2, -0.15) is 11.8 Å². The van der Waals surface area contributed by atoms with Crippen LogP contribution in [-0.2, 0) is 0 Å². The largest absolute Gasteiger partial charge is 0.399 e. The Morgan fingerprint density at radius 2 is 2.22 bits per heavy atom. The van der Waals surface area contributed by atoms with Gasteiger partial charge in [-0.05, 0) is 31.4 Å². The zero-order valence-corrected chi connectivity index (χ0v) is 12.0. The van der Waals surface area contributed by atoms with Crippen molar-refractivity contribution in [2.75, 3.05) is 42.8 Å². The van der Waals surface area contributed by atoms with E-state index in [0.29, 0.717) is 17.8 Å². The number of nitrogens with two attached hydrogens (primary N) is 1.